The molecule has 0 radical (unpaired) electrons. The number of hydrogen-bond acceptors (Lipinski definition) is 3. The van der Waals surface area contributed by atoms with Gasteiger partial charge in [0.25, 0.3) is 12.2 Å². The molecule has 24 heavy (non-hydrogen) atoms. The van der Waals surface area contributed by atoms with Gasteiger partial charge < -0.3 is 14.8 Å². The zero-order valence-electron chi connectivity index (χ0n) is 11.9. The molecule has 1 aromatic carbocycles. The molecule has 0 bridgehead atoms. The van der Waals surface area contributed by atoms with E-state index in [1.54, 1.807) is 0 Å². The SMILES string of the molecule is O=C1NC=COC1OCCc1cc(C(F)(F)F)cc(C(F)(F)F)c1. The summed E-state index contributed by atoms with van der Waals surface area (Å²) >= 11 is 0. The molecule has 1 aromatic rings. The van der Waals surface area contributed by atoms with Gasteiger partial charge in [-0.05, 0) is 30.2 Å². The summed E-state index contributed by atoms with van der Waals surface area (Å²) in [5.74, 6) is -0.627. The van der Waals surface area contributed by atoms with Gasteiger partial charge in [-0.15, -0.1) is 0 Å². The molecule has 1 heterocycles. The van der Waals surface area contributed by atoms with E-state index in [1.807, 2.05) is 0 Å². The highest BCUT2D eigenvalue weighted by atomic mass is 19.4. The largest absolute Gasteiger partial charge is 0.462 e. The van der Waals surface area contributed by atoms with Gasteiger partial charge in [0.05, 0.1) is 17.7 Å². The summed E-state index contributed by atoms with van der Waals surface area (Å²) in [6.45, 7) is -0.301. The molecule has 4 nitrogen and oxygen atoms in total. The van der Waals surface area contributed by atoms with E-state index in [-0.39, 0.29) is 24.7 Å². The summed E-state index contributed by atoms with van der Waals surface area (Å²) in [6.07, 6.45) is -9.03. The molecule has 10 heteroatoms. The van der Waals surface area contributed by atoms with Crippen LogP contribution >= 0.6 is 0 Å². The molecule has 0 saturated heterocycles. The summed E-state index contributed by atoms with van der Waals surface area (Å²) in [4.78, 5) is 11.3. The Balaban J connectivity index is 2.11. The number of rotatable bonds is 4. The Bertz CT molecular complexity index is 606. The van der Waals surface area contributed by atoms with E-state index in [2.05, 4.69) is 5.32 Å². The lowest BCUT2D eigenvalue weighted by molar-refractivity contribution is -0.161. The molecular weight excluding hydrogens is 344 g/mol. The number of benzene rings is 1. The Morgan fingerprint density at radius 3 is 2.12 bits per heavy atom. The second kappa shape index (κ2) is 6.71. The van der Waals surface area contributed by atoms with Gasteiger partial charge in [-0.2, -0.15) is 26.3 Å². The van der Waals surface area contributed by atoms with E-state index in [1.165, 1.54) is 6.20 Å². The highest BCUT2D eigenvalue weighted by Crippen LogP contribution is 2.36. The van der Waals surface area contributed by atoms with Crippen molar-refractivity contribution in [2.24, 2.45) is 0 Å². The fourth-order valence-electron chi connectivity index (χ4n) is 1.92. The number of carbonyl (C=O) groups is 1. The maximum Gasteiger partial charge on any atom is 0.416 e. The number of carbonyl (C=O) groups excluding carboxylic acids is 1. The first kappa shape index (κ1) is 18.1. The number of nitrogens with one attached hydrogen (secondary N) is 1. The fourth-order valence-corrected chi connectivity index (χ4v) is 1.92. The summed E-state index contributed by atoms with van der Waals surface area (Å²) in [5.41, 5.74) is -3.02. The van der Waals surface area contributed by atoms with Crippen molar-refractivity contribution in [3.63, 3.8) is 0 Å². The summed E-state index contributed by atoms with van der Waals surface area (Å²) in [5, 5.41) is 2.27. The number of alkyl halides is 6. The zero-order chi connectivity index (χ0) is 18.0. The number of halogens is 6. The van der Waals surface area contributed by atoms with Crippen LogP contribution in [0.1, 0.15) is 16.7 Å². The maximum atomic E-state index is 12.7. The Morgan fingerprint density at radius 2 is 1.62 bits per heavy atom. The quantitative estimate of drug-likeness (QED) is 0.844. The Labute approximate surface area is 132 Å². The van der Waals surface area contributed by atoms with Gasteiger partial charge in [-0.25, -0.2) is 0 Å². The third-order valence-corrected chi connectivity index (χ3v) is 3.02. The van der Waals surface area contributed by atoms with Crippen LogP contribution in [0.5, 0.6) is 0 Å². The van der Waals surface area contributed by atoms with E-state index < -0.39 is 35.7 Å². The molecule has 1 aliphatic heterocycles. The zero-order valence-corrected chi connectivity index (χ0v) is 11.9. The van der Waals surface area contributed by atoms with Gasteiger partial charge >= 0.3 is 12.4 Å². The summed E-state index contributed by atoms with van der Waals surface area (Å²) in [7, 11) is 0. The molecule has 1 unspecified atom stereocenters. The number of ether oxygens (including phenoxy) is 2. The minimum Gasteiger partial charge on any atom is -0.462 e. The highest BCUT2D eigenvalue weighted by Gasteiger charge is 2.36. The number of amides is 1. The van der Waals surface area contributed by atoms with Crippen LogP contribution in [0.4, 0.5) is 26.3 Å². The van der Waals surface area contributed by atoms with Crippen molar-refractivity contribution in [3.05, 3.63) is 47.4 Å². The molecule has 132 valence electrons. The van der Waals surface area contributed by atoms with Crippen molar-refractivity contribution >= 4 is 5.91 Å². The van der Waals surface area contributed by atoms with Crippen molar-refractivity contribution < 1.29 is 40.6 Å². The van der Waals surface area contributed by atoms with Crippen LogP contribution in [-0.2, 0) is 33.0 Å². The first-order valence-corrected chi connectivity index (χ1v) is 6.58. The third kappa shape index (κ3) is 4.63. The minimum absolute atomic E-state index is 0.0485. The normalized spacial score (nSPS) is 18.2. The second-order valence-electron chi connectivity index (χ2n) is 4.81. The molecule has 0 aromatic heterocycles. The van der Waals surface area contributed by atoms with Gasteiger partial charge in [0.2, 0.25) is 0 Å². The topological polar surface area (TPSA) is 47.6 Å². The maximum absolute atomic E-state index is 12.7. The standard InChI is InChI=1S/C14H11F6NO3/c15-13(16,17)9-5-8(6-10(7-9)14(18,19)20)1-3-23-12-11(22)21-2-4-24-12/h2,4-7,12H,1,3H2,(H,21,22). The van der Waals surface area contributed by atoms with Crippen molar-refractivity contribution in [2.75, 3.05) is 6.61 Å². The second-order valence-corrected chi connectivity index (χ2v) is 4.81. The first-order valence-electron chi connectivity index (χ1n) is 6.58. The smallest absolute Gasteiger partial charge is 0.416 e. The Kier molecular flexibility index (Phi) is 5.07. The third-order valence-electron chi connectivity index (χ3n) is 3.02. The van der Waals surface area contributed by atoms with Crippen LogP contribution < -0.4 is 5.32 Å². The molecule has 0 spiro atoms. The van der Waals surface area contributed by atoms with Gasteiger partial charge in [-0.3, -0.25) is 4.79 Å². The van der Waals surface area contributed by atoms with Crippen LogP contribution in [0.15, 0.2) is 30.7 Å². The minimum atomic E-state index is -4.91. The van der Waals surface area contributed by atoms with E-state index in [4.69, 9.17) is 9.47 Å². The lowest BCUT2D eigenvalue weighted by atomic mass is 10.0. The summed E-state index contributed by atoms with van der Waals surface area (Å²) in [6, 6.07) is 1.27. The van der Waals surface area contributed by atoms with E-state index in [0.717, 1.165) is 6.26 Å². The van der Waals surface area contributed by atoms with Crippen LogP contribution in [0.3, 0.4) is 0 Å². The molecule has 1 atom stereocenters. The highest BCUT2D eigenvalue weighted by molar-refractivity contribution is 5.81. The molecule has 0 fully saturated rings. The van der Waals surface area contributed by atoms with Gasteiger partial charge in [-0.1, -0.05) is 0 Å². The molecule has 1 aliphatic rings. The summed E-state index contributed by atoms with van der Waals surface area (Å²) < 4.78 is 86.1. The molecule has 0 saturated carbocycles. The van der Waals surface area contributed by atoms with Crippen LogP contribution in [0.25, 0.3) is 0 Å². The Hall–Kier alpha value is -2.23. The fraction of sp³-hybridized carbons (Fsp3) is 0.357. The van der Waals surface area contributed by atoms with E-state index >= 15 is 0 Å². The molecule has 1 amide bonds. The predicted octanol–water partition coefficient (Wildman–Crippen LogP) is 3.23. The lowest BCUT2D eigenvalue weighted by Crippen LogP contribution is -2.38. The number of hydrogen-bond donors (Lipinski definition) is 1. The van der Waals surface area contributed by atoms with Crippen molar-refractivity contribution in [3.8, 4) is 0 Å². The average Bonchev–Trinajstić information content (AvgIpc) is 2.47. The van der Waals surface area contributed by atoms with E-state index in [9.17, 15) is 31.1 Å². The Morgan fingerprint density at radius 1 is 1.04 bits per heavy atom. The van der Waals surface area contributed by atoms with Crippen molar-refractivity contribution in [1.29, 1.82) is 0 Å². The first-order chi connectivity index (χ1) is 11.1. The molecule has 2 rings (SSSR count). The molecule has 0 aliphatic carbocycles. The van der Waals surface area contributed by atoms with Crippen LogP contribution in [-0.4, -0.2) is 18.8 Å². The molecular formula is C14H11F6NO3. The lowest BCUT2D eigenvalue weighted by Gasteiger charge is -2.19. The van der Waals surface area contributed by atoms with Crippen LogP contribution in [0.2, 0.25) is 0 Å². The predicted molar refractivity (Wildman–Crippen MR) is 68.3 cm³/mol. The molecule has 1 N–H and O–H groups in total. The monoisotopic (exact) mass is 355 g/mol. The van der Waals surface area contributed by atoms with Gasteiger partial charge in [0.15, 0.2) is 0 Å². The van der Waals surface area contributed by atoms with Crippen molar-refractivity contribution in [2.45, 2.75) is 25.1 Å². The average molecular weight is 355 g/mol. The van der Waals surface area contributed by atoms with E-state index in [0.29, 0.717) is 12.1 Å². The van der Waals surface area contributed by atoms with Gasteiger partial charge in [0.1, 0.15) is 6.26 Å². The van der Waals surface area contributed by atoms with Crippen LogP contribution in [0, 0.1) is 0 Å². The van der Waals surface area contributed by atoms with Crippen molar-refractivity contribution in [1.82, 2.24) is 5.32 Å². The van der Waals surface area contributed by atoms with Gasteiger partial charge in [0, 0.05) is 6.20 Å².